The molecule has 6 nitrogen and oxygen atoms in total. The molecule has 1 rings (SSSR count). The van der Waals surface area contributed by atoms with Gasteiger partial charge in [0.25, 0.3) is 5.91 Å². The van der Waals surface area contributed by atoms with Crippen molar-refractivity contribution < 1.29 is 13.2 Å². The van der Waals surface area contributed by atoms with E-state index in [4.69, 9.17) is 11.6 Å². The monoisotopic (exact) mass is 359 g/mol. The molecule has 0 spiro atoms. The van der Waals surface area contributed by atoms with Gasteiger partial charge in [-0.05, 0) is 50.5 Å². The Morgan fingerprint density at radius 2 is 1.78 bits per heavy atom. The molecule has 0 heterocycles. The van der Waals surface area contributed by atoms with Gasteiger partial charge in [0.05, 0.1) is 4.90 Å². The van der Waals surface area contributed by atoms with Crippen LogP contribution in [0.5, 0.6) is 0 Å². The molecule has 1 aromatic rings. The highest BCUT2D eigenvalue weighted by molar-refractivity contribution is 7.89. The number of nitrogens with one attached hydrogen (secondary N) is 2. The molecule has 0 saturated heterocycles. The van der Waals surface area contributed by atoms with Crippen LogP contribution in [0.3, 0.4) is 0 Å². The fourth-order valence-corrected chi connectivity index (χ4v) is 3.13. The topological polar surface area (TPSA) is 87.6 Å². The molecule has 23 heavy (non-hydrogen) atoms. The van der Waals surface area contributed by atoms with Gasteiger partial charge in [0, 0.05) is 10.7 Å². The molecule has 0 radical (unpaired) electrons. The first-order valence-corrected chi connectivity index (χ1v) is 9.06. The van der Waals surface area contributed by atoms with E-state index in [1.807, 2.05) is 13.8 Å². The Balaban J connectivity index is 2.97. The van der Waals surface area contributed by atoms with E-state index in [9.17, 15) is 13.2 Å². The smallest absolute Gasteiger partial charge is 0.258 e. The van der Waals surface area contributed by atoms with E-state index in [1.165, 1.54) is 24.3 Å². The second-order valence-electron chi connectivity index (χ2n) is 5.79. The number of amides is 1. The normalized spacial score (nSPS) is 12.8. The Hall–Kier alpha value is -1.44. The molecule has 0 aliphatic carbocycles. The zero-order valence-corrected chi connectivity index (χ0v) is 15.2. The molecule has 2 N–H and O–H groups in total. The SMILES string of the molecule is CC(C)=NNC(=O)[C@H](CC(C)C)NS(=O)(=O)c1ccc(Cl)cc1. The summed E-state index contributed by atoms with van der Waals surface area (Å²) in [5.74, 6) is -0.359. The summed E-state index contributed by atoms with van der Waals surface area (Å²) in [5, 5.41) is 4.27. The highest BCUT2D eigenvalue weighted by Crippen LogP contribution is 2.15. The Labute approximate surface area is 142 Å². The van der Waals surface area contributed by atoms with Crippen LogP contribution in [0.25, 0.3) is 0 Å². The van der Waals surface area contributed by atoms with Crippen molar-refractivity contribution in [3.8, 4) is 0 Å². The van der Waals surface area contributed by atoms with E-state index in [0.29, 0.717) is 17.2 Å². The van der Waals surface area contributed by atoms with Crippen LogP contribution in [0.4, 0.5) is 0 Å². The van der Waals surface area contributed by atoms with Crippen molar-refractivity contribution in [1.29, 1.82) is 0 Å². The zero-order valence-electron chi connectivity index (χ0n) is 13.6. The number of nitrogens with zero attached hydrogens (tertiary/aromatic N) is 1. The largest absolute Gasteiger partial charge is 0.271 e. The molecule has 1 amide bonds. The van der Waals surface area contributed by atoms with E-state index < -0.39 is 22.0 Å². The van der Waals surface area contributed by atoms with Crippen molar-refractivity contribution in [3.05, 3.63) is 29.3 Å². The van der Waals surface area contributed by atoms with E-state index in [0.717, 1.165) is 0 Å². The maximum absolute atomic E-state index is 12.4. The molecule has 0 bridgehead atoms. The third kappa shape index (κ3) is 6.68. The minimum Gasteiger partial charge on any atom is -0.271 e. The van der Waals surface area contributed by atoms with Gasteiger partial charge in [-0.25, -0.2) is 13.8 Å². The third-order valence-corrected chi connectivity index (χ3v) is 4.57. The average Bonchev–Trinajstić information content (AvgIpc) is 2.43. The lowest BCUT2D eigenvalue weighted by Crippen LogP contribution is -2.46. The molecule has 0 fully saturated rings. The summed E-state index contributed by atoms with van der Waals surface area (Å²) in [5.41, 5.74) is 3.04. The maximum Gasteiger partial charge on any atom is 0.258 e. The van der Waals surface area contributed by atoms with Gasteiger partial charge in [0.2, 0.25) is 10.0 Å². The molecule has 1 aromatic carbocycles. The Morgan fingerprint density at radius 1 is 1.22 bits per heavy atom. The van der Waals surface area contributed by atoms with E-state index in [1.54, 1.807) is 13.8 Å². The predicted octanol–water partition coefficient (Wildman–Crippen LogP) is 2.55. The molecule has 0 aliphatic rings. The van der Waals surface area contributed by atoms with Crippen LogP contribution in [0.2, 0.25) is 5.02 Å². The predicted molar refractivity (Wildman–Crippen MR) is 91.9 cm³/mol. The van der Waals surface area contributed by atoms with Crippen LogP contribution in [0.15, 0.2) is 34.3 Å². The van der Waals surface area contributed by atoms with Gasteiger partial charge >= 0.3 is 0 Å². The number of benzene rings is 1. The lowest BCUT2D eigenvalue weighted by atomic mass is 10.0. The lowest BCUT2D eigenvalue weighted by Gasteiger charge is -2.19. The van der Waals surface area contributed by atoms with Crippen molar-refractivity contribution in [3.63, 3.8) is 0 Å². The summed E-state index contributed by atoms with van der Waals surface area (Å²) in [4.78, 5) is 12.2. The first-order valence-electron chi connectivity index (χ1n) is 7.20. The van der Waals surface area contributed by atoms with Crippen molar-refractivity contribution in [2.75, 3.05) is 0 Å². The number of hydrogen-bond acceptors (Lipinski definition) is 4. The number of hydrogen-bond donors (Lipinski definition) is 2. The number of carbonyl (C=O) groups excluding carboxylic acids is 1. The molecule has 0 unspecified atom stereocenters. The Kier molecular flexibility index (Phi) is 7.18. The number of carbonyl (C=O) groups is 1. The number of rotatable bonds is 7. The molecule has 0 aromatic heterocycles. The highest BCUT2D eigenvalue weighted by atomic mass is 35.5. The van der Waals surface area contributed by atoms with Crippen LogP contribution >= 0.6 is 11.6 Å². The Bertz CT molecular complexity index is 666. The number of hydrazone groups is 1. The first kappa shape index (κ1) is 19.6. The number of halogens is 1. The molecule has 8 heteroatoms. The van der Waals surface area contributed by atoms with Crippen molar-refractivity contribution in [2.45, 2.75) is 45.1 Å². The summed E-state index contributed by atoms with van der Waals surface area (Å²) in [6.45, 7) is 7.28. The fourth-order valence-electron chi connectivity index (χ4n) is 1.79. The number of sulfonamides is 1. The van der Waals surface area contributed by atoms with E-state index in [-0.39, 0.29) is 10.8 Å². The van der Waals surface area contributed by atoms with Gasteiger partial charge in [0.1, 0.15) is 6.04 Å². The first-order chi connectivity index (χ1) is 10.6. The van der Waals surface area contributed by atoms with Crippen LogP contribution in [0.1, 0.15) is 34.1 Å². The van der Waals surface area contributed by atoms with Crippen LogP contribution < -0.4 is 10.1 Å². The van der Waals surface area contributed by atoms with Gasteiger partial charge in [-0.2, -0.15) is 9.82 Å². The van der Waals surface area contributed by atoms with Gasteiger partial charge in [-0.3, -0.25) is 4.79 Å². The summed E-state index contributed by atoms with van der Waals surface area (Å²) in [6.07, 6.45) is 0.358. The second-order valence-corrected chi connectivity index (χ2v) is 7.94. The Morgan fingerprint density at radius 3 is 2.26 bits per heavy atom. The minimum atomic E-state index is -3.82. The molecule has 0 aliphatic heterocycles. The van der Waals surface area contributed by atoms with Crippen LogP contribution in [-0.2, 0) is 14.8 Å². The fraction of sp³-hybridized carbons (Fsp3) is 0.467. The van der Waals surface area contributed by atoms with Crippen molar-refractivity contribution in [2.24, 2.45) is 11.0 Å². The molecule has 0 saturated carbocycles. The van der Waals surface area contributed by atoms with Gasteiger partial charge in [-0.1, -0.05) is 25.4 Å². The molecule has 1 atom stereocenters. The van der Waals surface area contributed by atoms with E-state index >= 15 is 0 Å². The summed E-state index contributed by atoms with van der Waals surface area (Å²) in [7, 11) is -3.82. The van der Waals surface area contributed by atoms with Gasteiger partial charge in [-0.15, -0.1) is 0 Å². The van der Waals surface area contributed by atoms with Gasteiger partial charge in [0.15, 0.2) is 0 Å². The second kappa shape index (κ2) is 8.42. The van der Waals surface area contributed by atoms with Crippen molar-refractivity contribution in [1.82, 2.24) is 10.1 Å². The standard InChI is InChI=1S/C15H22ClN3O3S/c1-10(2)9-14(15(20)18-17-11(3)4)19-23(21,22)13-7-5-12(16)6-8-13/h5-8,10,14,19H,9H2,1-4H3,(H,18,20)/t14-/m0/s1. The average molecular weight is 360 g/mol. The minimum absolute atomic E-state index is 0.0543. The van der Waals surface area contributed by atoms with Crippen molar-refractivity contribution >= 4 is 33.2 Å². The van der Waals surface area contributed by atoms with Gasteiger partial charge < -0.3 is 0 Å². The zero-order chi connectivity index (χ0) is 17.6. The molecular weight excluding hydrogens is 338 g/mol. The lowest BCUT2D eigenvalue weighted by molar-refractivity contribution is -0.123. The third-order valence-electron chi connectivity index (χ3n) is 2.83. The maximum atomic E-state index is 12.4. The summed E-state index contributed by atoms with van der Waals surface area (Å²) < 4.78 is 27.2. The summed E-state index contributed by atoms with van der Waals surface area (Å²) in [6, 6.07) is 4.85. The van der Waals surface area contributed by atoms with Crippen LogP contribution in [-0.4, -0.2) is 26.1 Å². The summed E-state index contributed by atoms with van der Waals surface area (Å²) >= 11 is 5.76. The molecular formula is C15H22ClN3O3S. The highest BCUT2D eigenvalue weighted by Gasteiger charge is 2.26. The quantitative estimate of drug-likeness (QED) is 0.579. The molecule has 128 valence electrons. The van der Waals surface area contributed by atoms with Crippen LogP contribution in [0, 0.1) is 5.92 Å². The van der Waals surface area contributed by atoms with E-state index in [2.05, 4.69) is 15.2 Å².